The quantitative estimate of drug-likeness (QED) is 0.746. The molecule has 10 heteroatoms. The molecule has 1 fully saturated rings. The van der Waals surface area contributed by atoms with Crippen molar-refractivity contribution in [1.82, 2.24) is 9.47 Å². The maximum absolute atomic E-state index is 14.6. The van der Waals surface area contributed by atoms with Gasteiger partial charge in [-0.05, 0) is 26.3 Å². The van der Waals surface area contributed by atoms with E-state index in [1.54, 1.807) is 20.8 Å². The molecule has 1 saturated heterocycles. The van der Waals surface area contributed by atoms with Crippen LogP contribution in [0.4, 0.5) is 13.6 Å². The number of ether oxygens (including phenoxy) is 1. The molecule has 1 aliphatic rings. The van der Waals surface area contributed by atoms with Crippen LogP contribution in [-0.4, -0.2) is 60.6 Å². The molecule has 2 rings (SSSR count). The van der Waals surface area contributed by atoms with E-state index in [0.717, 1.165) is 16.9 Å². The van der Waals surface area contributed by atoms with Crippen molar-refractivity contribution in [3.63, 3.8) is 0 Å². The molecule has 1 aliphatic heterocycles. The molecule has 1 amide bonds. The van der Waals surface area contributed by atoms with Gasteiger partial charge in [-0.25, -0.2) is 22.0 Å². The third-order valence-electron chi connectivity index (χ3n) is 4.39. The number of alkyl halides is 2. The summed E-state index contributed by atoms with van der Waals surface area (Å²) in [5.41, 5.74) is -1.05. The number of likely N-dealkylation sites (tertiary alicyclic amines) is 1. The van der Waals surface area contributed by atoms with E-state index in [0.29, 0.717) is 0 Å². The number of pyridine rings is 1. The first kappa shape index (κ1) is 22.3. The van der Waals surface area contributed by atoms with Crippen LogP contribution >= 0.6 is 0 Å². The molecule has 0 aromatic carbocycles. The molecule has 0 N–H and O–H groups in total. The Bertz CT molecular complexity index is 890. The van der Waals surface area contributed by atoms with Crippen molar-refractivity contribution in [3.8, 4) is 0 Å². The zero-order valence-electron chi connectivity index (χ0n) is 16.4. The monoisotopic (exact) mass is 420 g/mol. The molecular formula is C18H26F2N2O5S. The number of aryl methyl sites for hydroxylation is 1. The minimum Gasteiger partial charge on any atom is -0.444 e. The minimum absolute atomic E-state index is 0.125. The number of sulfone groups is 1. The van der Waals surface area contributed by atoms with E-state index in [4.69, 9.17) is 4.74 Å². The lowest BCUT2D eigenvalue weighted by Crippen LogP contribution is -2.49. The molecule has 2 heterocycles. The highest BCUT2D eigenvalue weighted by molar-refractivity contribution is 7.90. The van der Waals surface area contributed by atoms with E-state index in [-0.39, 0.29) is 31.0 Å². The van der Waals surface area contributed by atoms with Crippen LogP contribution in [0.3, 0.4) is 0 Å². The van der Waals surface area contributed by atoms with Crippen LogP contribution in [0.25, 0.3) is 0 Å². The molecule has 1 aromatic heterocycles. The average Bonchev–Trinajstić information content (AvgIpc) is 2.51. The highest BCUT2D eigenvalue weighted by atomic mass is 32.2. The second-order valence-corrected chi connectivity index (χ2v) is 10.4. The lowest BCUT2D eigenvalue weighted by molar-refractivity contribution is -0.0772. The Morgan fingerprint density at radius 3 is 2.54 bits per heavy atom. The van der Waals surface area contributed by atoms with E-state index < -0.39 is 45.4 Å². The van der Waals surface area contributed by atoms with Crippen LogP contribution in [0.1, 0.15) is 38.7 Å². The van der Waals surface area contributed by atoms with Crippen LogP contribution in [-0.2, 0) is 21.1 Å². The van der Waals surface area contributed by atoms with E-state index in [1.165, 1.54) is 17.2 Å². The van der Waals surface area contributed by atoms with Crippen LogP contribution in [0, 0.1) is 0 Å². The van der Waals surface area contributed by atoms with E-state index in [2.05, 4.69) is 0 Å². The normalized spacial score (nSPS) is 20.1. The smallest absolute Gasteiger partial charge is 0.410 e. The van der Waals surface area contributed by atoms with Gasteiger partial charge in [0.25, 0.3) is 11.5 Å². The fourth-order valence-electron chi connectivity index (χ4n) is 2.94. The van der Waals surface area contributed by atoms with E-state index >= 15 is 0 Å². The van der Waals surface area contributed by atoms with Crippen molar-refractivity contribution in [2.75, 3.05) is 25.1 Å². The topological polar surface area (TPSA) is 85.7 Å². The highest BCUT2D eigenvalue weighted by Gasteiger charge is 2.46. The number of nitrogens with zero attached hydrogens (tertiary/aromatic N) is 2. The number of hydrogen-bond acceptors (Lipinski definition) is 5. The Morgan fingerprint density at radius 2 is 1.96 bits per heavy atom. The molecule has 0 bridgehead atoms. The molecule has 7 nitrogen and oxygen atoms in total. The molecule has 1 unspecified atom stereocenters. The van der Waals surface area contributed by atoms with Crippen molar-refractivity contribution in [3.05, 3.63) is 34.2 Å². The summed E-state index contributed by atoms with van der Waals surface area (Å²) in [5, 5.41) is 0. The summed E-state index contributed by atoms with van der Waals surface area (Å²) in [5.74, 6) is -4.67. The number of carbonyl (C=O) groups excluding carboxylic acids is 1. The van der Waals surface area contributed by atoms with Crippen molar-refractivity contribution < 1.29 is 26.7 Å². The van der Waals surface area contributed by atoms with Gasteiger partial charge in [-0.3, -0.25) is 4.79 Å². The zero-order chi connectivity index (χ0) is 21.3. The van der Waals surface area contributed by atoms with Gasteiger partial charge in [-0.1, -0.05) is 6.07 Å². The van der Waals surface area contributed by atoms with E-state index in [9.17, 15) is 26.8 Å². The van der Waals surface area contributed by atoms with E-state index in [1.807, 2.05) is 0 Å². The second-order valence-electron chi connectivity index (χ2n) is 8.11. The first-order valence-electron chi connectivity index (χ1n) is 8.92. The molecule has 1 atom stereocenters. The summed E-state index contributed by atoms with van der Waals surface area (Å²) in [6, 6.07) is 2.44. The number of amides is 1. The zero-order valence-corrected chi connectivity index (χ0v) is 17.3. The molecule has 28 heavy (non-hydrogen) atoms. The standard InChI is InChI=1S/C18H26F2N2O5S/c1-17(2,3)27-16(24)22-8-7-18(19,20)14(12-22)13-5-6-15(23)21(11-13)9-10-28(4,25)26/h5-6,11,14H,7-10,12H2,1-4H3. The van der Waals surface area contributed by atoms with Gasteiger partial charge >= 0.3 is 6.09 Å². The summed E-state index contributed by atoms with van der Waals surface area (Å²) in [6.07, 6.45) is 1.10. The lowest BCUT2D eigenvalue weighted by Gasteiger charge is -2.39. The Labute approximate surface area is 163 Å². The summed E-state index contributed by atoms with van der Waals surface area (Å²) in [4.78, 5) is 25.5. The Balaban J connectivity index is 2.27. The lowest BCUT2D eigenvalue weighted by atomic mass is 9.88. The van der Waals surface area contributed by atoms with Crippen LogP contribution < -0.4 is 5.56 Å². The first-order valence-corrected chi connectivity index (χ1v) is 11.0. The second kappa shape index (κ2) is 7.81. The number of hydrogen-bond donors (Lipinski definition) is 0. The fourth-order valence-corrected chi connectivity index (χ4v) is 3.47. The van der Waals surface area contributed by atoms with Crippen molar-refractivity contribution in [2.45, 2.75) is 51.2 Å². The fraction of sp³-hybridized carbons (Fsp3) is 0.667. The van der Waals surface area contributed by atoms with Gasteiger partial charge in [-0.15, -0.1) is 0 Å². The van der Waals surface area contributed by atoms with Crippen molar-refractivity contribution >= 4 is 15.9 Å². The number of piperidine rings is 1. The number of carbonyl (C=O) groups is 1. The molecule has 1 aromatic rings. The molecule has 0 aliphatic carbocycles. The third-order valence-corrected chi connectivity index (χ3v) is 5.32. The van der Waals surface area contributed by atoms with Gasteiger partial charge in [0.05, 0.1) is 11.7 Å². The average molecular weight is 420 g/mol. The largest absolute Gasteiger partial charge is 0.444 e. The summed E-state index contributed by atoms with van der Waals surface area (Å²) >= 11 is 0. The summed E-state index contributed by atoms with van der Waals surface area (Å²) < 4.78 is 58.2. The van der Waals surface area contributed by atoms with Crippen LogP contribution in [0.5, 0.6) is 0 Å². The summed E-state index contributed by atoms with van der Waals surface area (Å²) in [6.45, 7) is 4.56. The predicted molar refractivity (Wildman–Crippen MR) is 101 cm³/mol. The molecular weight excluding hydrogens is 394 g/mol. The maximum Gasteiger partial charge on any atom is 0.410 e. The molecule has 0 spiro atoms. The van der Waals surface area contributed by atoms with Gasteiger partial charge in [0, 0.05) is 44.6 Å². The van der Waals surface area contributed by atoms with Gasteiger partial charge in [0.15, 0.2) is 0 Å². The van der Waals surface area contributed by atoms with Gasteiger partial charge in [0.2, 0.25) is 0 Å². The van der Waals surface area contributed by atoms with Crippen LogP contribution in [0.15, 0.2) is 23.1 Å². The third kappa shape index (κ3) is 6.02. The van der Waals surface area contributed by atoms with Crippen LogP contribution in [0.2, 0.25) is 0 Å². The Morgan fingerprint density at radius 1 is 1.32 bits per heavy atom. The number of rotatable bonds is 4. The highest BCUT2D eigenvalue weighted by Crippen LogP contribution is 2.40. The van der Waals surface area contributed by atoms with Crippen molar-refractivity contribution in [2.24, 2.45) is 0 Å². The first-order chi connectivity index (χ1) is 12.7. The van der Waals surface area contributed by atoms with Crippen molar-refractivity contribution in [1.29, 1.82) is 0 Å². The predicted octanol–water partition coefficient (Wildman–Crippen LogP) is 2.25. The molecule has 0 radical (unpaired) electrons. The summed E-state index contributed by atoms with van der Waals surface area (Å²) in [7, 11) is -3.31. The Kier molecular flexibility index (Phi) is 6.22. The maximum atomic E-state index is 14.6. The number of halogens is 2. The van der Waals surface area contributed by atoms with Gasteiger partial charge in [-0.2, -0.15) is 0 Å². The van der Waals surface area contributed by atoms with Gasteiger partial charge in [0.1, 0.15) is 15.4 Å². The SMILES string of the molecule is CC(C)(C)OC(=O)N1CCC(F)(F)C(c2ccc(=O)n(CCS(C)(=O)=O)c2)C1. The van der Waals surface area contributed by atoms with Gasteiger partial charge < -0.3 is 14.2 Å². The number of aromatic nitrogens is 1. The Hall–Kier alpha value is -1.97. The molecule has 158 valence electrons. The molecule has 0 saturated carbocycles. The minimum atomic E-state index is -3.31.